The number of aromatic nitrogens is 1. The number of amides is 1. The lowest BCUT2D eigenvalue weighted by Gasteiger charge is -2.34. The molecule has 1 amide bonds. The van der Waals surface area contributed by atoms with Crippen molar-refractivity contribution in [1.29, 1.82) is 0 Å². The molecule has 2 N–H and O–H groups in total. The first-order valence-electron chi connectivity index (χ1n) is 16.3. The molecular weight excluding hydrogens is 718 g/mol. The van der Waals surface area contributed by atoms with Crippen molar-refractivity contribution < 1.29 is 54.6 Å². The summed E-state index contributed by atoms with van der Waals surface area (Å²) in [4.78, 5) is 41.5. The Hall–Kier alpha value is -5.25. The number of fused-ring (bicyclic) bond motifs is 6. The van der Waals surface area contributed by atoms with Crippen molar-refractivity contribution in [1.82, 2.24) is 14.8 Å². The van der Waals surface area contributed by atoms with E-state index in [1.807, 2.05) is 0 Å². The van der Waals surface area contributed by atoms with Gasteiger partial charge in [-0.25, -0.2) is 8.78 Å². The third-order valence-corrected chi connectivity index (χ3v) is 9.22. The van der Waals surface area contributed by atoms with Crippen LogP contribution in [0.5, 0.6) is 11.5 Å². The standard InChI is InChI=1S/C37H31F8N3O5/c1-18-8-19(2)32-22-11-25(33(39)27(12-22)37(43,44)45)28(14-31(50)51)46-35(52)34(20-4-3-5-24(10-20)53-29(32)9-18)48-15-21(6-7-47-16-23(38)17-47)26(13-30(48)49)36(40,41)42/h3-5,8-13,15,23,28,34H,6-7,14,16-17H2,1-2H3,(H,46,52)(H,50,51). The van der Waals surface area contributed by atoms with Crippen molar-refractivity contribution in [2.45, 2.75) is 57.3 Å². The lowest BCUT2D eigenvalue weighted by Crippen LogP contribution is -2.49. The molecule has 2 unspecified atom stereocenters. The van der Waals surface area contributed by atoms with Gasteiger partial charge in [0.15, 0.2) is 0 Å². The van der Waals surface area contributed by atoms with Crippen molar-refractivity contribution in [2.75, 3.05) is 19.6 Å². The average molecular weight is 750 g/mol. The van der Waals surface area contributed by atoms with Crippen molar-refractivity contribution in [2.24, 2.45) is 0 Å². The van der Waals surface area contributed by atoms with Gasteiger partial charge in [-0.2, -0.15) is 26.3 Å². The molecule has 2 aliphatic heterocycles. The fraction of sp³-hybridized carbons (Fsp3) is 0.324. The summed E-state index contributed by atoms with van der Waals surface area (Å²) >= 11 is 0. The molecular formula is C37H31F8N3O5. The molecule has 1 saturated heterocycles. The van der Waals surface area contributed by atoms with Gasteiger partial charge in [0.05, 0.1) is 23.6 Å². The second-order valence-corrected chi connectivity index (χ2v) is 13.2. The van der Waals surface area contributed by atoms with Crippen LogP contribution in [0.15, 0.2) is 65.6 Å². The van der Waals surface area contributed by atoms with Crippen LogP contribution in [0.4, 0.5) is 35.1 Å². The molecule has 1 fully saturated rings. The topological polar surface area (TPSA) is 101 Å². The zero-order valence-corrected chi connectivity index (χ0v) is 28.0. The number of carbonyl (C=O) groups excluding carboxylic acids is 1. The Kier molecular flexibility index (Phi) is 9.87. The maximum absolute atomic E-state index is 16.0. The maximum atomic E-state index is 16.0. The molecule has 280 valence electrons. The Balaban J connectivity index is 1.60. The van der Waals surface area contributed by atoms with Crippen LogP contribution < -0.4 is 15.6 Å². The van der Waals surface area contributed by atoms with Gasteiger partial charge >= 0.3 is 18.3 Å². The highest BCUT2D eigenvalue weighted by Crippen LogP contribution is 2.44. The van der Waals surface area contributed by atoms with E-state index in [0.29, 0.717) is 27.8 Å². The second-order valence-electron chi connectivity index (χ2n) is 13.2. The van der Waals surface area contributed by atoms with E-state index in [1.54, 1.807) is 24.8 Å². The predicted octanol–water partition coefficient (Wildman–Crippen LogP) is 7.53. The summed E-state index contributed by atoms with van der Waals surface area (Å²) in [5.74, 6) is -4.70. The first kappa shape index (κ1) is 37.5. The summed E-state index contributed by atoms with van der Waals surface area (Å²) in [6.45, 7) is 3.26. The molecule has 4 aromatic rings. The van der Waals surface area contributed by atoms with Crippen LogP contribution in [0, 0.1) is 19.7 Å². The molecule has 53 heavy (non-hydrogen) atoms. The Morgan fingerprint density at radius 3 is 2.30 bits per heavy atom. The molecule has 8 nitrogen and oxygen atoms in total. The van der Waals surface area contributed by atoms with Gasteiger partial charge in [0.25, 0.3) is 5.56 Å². The lowest BCUT2D eigenvalue weighted by molar-refractivity contribution is -0.140. The number of carboxylic acid groups (broad SMARTS) is 1. The molecule has 16 heteroatoms. The third-order valence-electron chi connectivity index (χ3n) is 9.22. The number of carboxylic acids is 1. The SMILES string of the molecule is Cc1cc(C)c2c(c1)Oc1cccc(c1)C(n1cc(CCN3CC(F)C3)c(C(F)(F)F)cc1=O)C(=O)NC(CC(=O)O)c1cc-2cc(C(F)(F)F)c1F. The van der Waals surface area contributed by atoms with Crippen LogP contribution in [0.3, 0.4) is 0 Å². The van der Waals surface area contributed by atoms with Crippen molar-refractivity contribution in [3.8, 4) is 22.6 Å². The summed E-state index contributed by atoms with van der Waals surface area (Å²) in [6.07, 6.45) is -12.0. The second kappa shape index (κ2) is 14.0. The summed E-state index contributed by atoms with van der Waals surface area (Å²) in [5.41, 5.74) is -4.71. The van der Waals surface area contributed by atoms with Crippen LogP contribution in [0.25, 0.3) is 11.1 Å². The van der Waals surface area contributed by atoms with Crippen LogP contribution in [0.2, 0.25) is 0 Å². The van der Waals surface area contributed by atoms with Gasteiger partial charge in [-0.15, -0.1) is 0 Å². The van der Waals surface area contributed by atoms with Gasteiger partial charge in [0.2, 0.25) is 5.91 Å². The minimum Gasteiger partial charge on any atom is -0.481 e. The maximum Gasteiger partial charge on any atom is 0.419 e. The van der Waals surface area contributed by atoms with Gasteiger partial charge in [0.1, 0.15) is 29.5 Å². The number of nitrogens with one attached hydrogen (secondary N) is 1. The Bertz CT molecular complexity index is 2160. The Morgan fingerprint density at radius 2 is 1.66 bits per heavy atom. The quantitative estimate of drug-likeness (QED) is 0.198. The molecule has 3 aromatic carbocycles. The van der Waals surface area contributed by atoms with Gasteiger partial charge < -0.3 is 15.2 Å². The highest BCUT2D eigenvalue weighted by molar-refractivity contribution is 5.85. The number of aryl methyl sites for hydroxylation is 2. The highest BCUT2D eigenvalue weighted by atomic mass is 19.4. The molecule has 4 bridgehead atoms. The van der Waals surface area contributed by atoms with E-state index in [2.05, 4.69) is 5.32 Å². The summed E-state index contributed by atoms with van der Waals surface area (Å²) in [6, 6.07) is 6.66. The number of pyridine rings is 1. The average Bonchev–Trinajstić information content (AvgIpc) is 3.02. The number of nitrogens with zero attached hydrogens (tertiary/aromatic N) is 2. The van der Waals surface area contributed by atoms with Crippen LogP contribution in [-0.2, 0) is 28.4 Å². The fourth-order valence-electron chi connectivity index (χ4n) is 6.83. The Morgan fingerprint density at radius 1 is 0.962 bits per heavy atom. The zero-order valence-electron chi connectivity index (χ0n) is 28.0. The highest BCUT2D eigenvalue weighted by Gasteiger charge is 2.40. The van der Waals surface area contributed by atoms with Gasteiger partial charge in [-0.05, 0) is 78.4 Å². The fourth-order valence-corrected chi connectivity index (χ4v) is 6.83. The third kappa shape index (κ3) is 7.77. The molecule has 0 saturated carbocycles. The van der Waals surface area contributed by atoms with E-state index in [-0.39, 0.29) is 54.2 Å². The minimum absolute atomic E-state index is 0.000228. The molecule has 0 radical (unpaired) electrons. The van der Waals surface area contributed by atoms with Crippen molar-refractivity contribution >= 4 is 11.9 Å². The number of halogens is 8. The van der Waals surface area contributed by atoms with Crippen molar-refractivity contribution in [3.63, 3.8) is 0 Å². The minimum atomic E-state index is -5.28. The summed E-state index contributed by atoms with van der Waals surface area (Å²) in [5, 5.41) is 12.1. The zero-order chi connectivity index (χ0) is 38.6. The number of likely N-dealkylation sites (tertiary alicyclic amines) is 1. The number of aliphatic carboxylic acids is 1. The number of benzene rings is 3. The molecule has 6 rings (SSSR count). The van der Waals surface area contributed by atoms with E-state index >= 15 is 4.39 Å². The van der Waals surface area contributed by atoms with Crippen LogP contribution in [-0.4, -0.2) is 52.3 Å². The van der Waals surface area contributed by atoms with Gasteiger partial charge in [0, 0.05) is 43.0 Å². The van der Waals surface area contributed by atoms with Crippen molar-refractivity contribution in [3.05, 3.63) is 116 Å². The van der Waals surface area contributed by atoms with E-state index in [9.17, 15) is 50.2 Å². The molecule has 2 aliphatic rings. The normalized spacial score (nSPS) is 18.1. The summed E-state index contributed by atoms with van der Waals surface area (Å²) < 4.78 is 122. The number of ether oxygens (including phenoxy) is 1. The first-order valence-corrected chi connectivity index (χ1v) is 16.3. The van der Waals surface area contributed by atoms with Crippen LogP contribution >= 0.6 is 0 Å². The van der Waals surface area contributed by atoms with E-state index < -0.39 is 82.5 Å². The van der Waals surface area contributed by atoms with Gasteiger partial charge in [-0.1, -0.05) is 18.2 Å². The number of rotatable bonds is 6. The Labute approximate surface area is 296 Å². The molecule has 0 aliphatic carbocycles. The molecule has 3 heterocycles. The monoisotopic (exact) mass is 749 g/mol. The van der Waals surface area contributed by atoms with Crippen LogP contribution in [0.1, 0.15) is 57.4 Å². The smallest absolute Gasteiger partial charge is 0.419 e. The van der Waals surface area contributed by atoms with E-state index in [4.69, 9.17) is 4.74 Å². The summed E-state index contributed by atoms with van der Waals surface area (Å²) in [7, 11) is 0. The molecule has 1 aromatic heterocycles. The largest absolute Gasteiger partial charge is 0.481 e. The van der Waals surface area contributed by atoms with Gasteiger partial charge in [-0.3, -0.25) is 23.9 Å². The lowest BCUT2D eigenvalue weighted by atomic mass is 9.91. The molecule has 2 atom stereocenters. The van der Waals surface area contributed by atoms with E-state index in [1.165, 1.54) is 30.3 Å². The predicted molar refractivity (Wildman–Crippen MR) is 175 cm³/mol. The number of hydrogen-bond donors (Lipinski definition) is 2. The number of alkyl halides is 7. The van der Waals surface area contributed by atoms with E-state index in [0.717, 1.165) is 12.3 Å². The first-order chi connectivity index (χ1) is 24.8. The molecule has 0 spiro atoms. The number of hydrogen-bond acceptors (Lipinski definition) is 5. The number of carbonyl (C=O) groups is 2.